The molecule has 0 aliphatic rings. The molecule has 0 heterocycles. The molecule has 1 aromatic carbocycles. The van der Waals surface area contributed by atoms with Crippen LogP contribution in [0.1, 0.15) is 34.8 Å². The average Bonchev–Trinajstić information content (AvgIpc) is 2.08. The van der Waals surface area contributed by atoms with Crippen molar-refractivity contribution in [2.24, 2.45) is 0 Å². The molecule has 14 heavy (non-hydrogen) atoms. The van der Waals surface area contributed by atoms with Gasteiger partial charge in [-0.2, -0.15) is 0 Å². The first-order valence-corrected chi connectivity index (χ1v) is 4.82. The van der Waals surface area contributed by atoms with Crippen molar-refractivity contribution in [3.63, 3.8) is 0 Å². The summed E-state index contributed by atoms with van der Waals surface area (Å²) >= 11 is 3.20. The van der Waals surface area contributed by atoms with Crippen LogP contribution in [-0.4, -0.2) is 5.78 Å². The van der Waals surface area contributed by atoms with Crippen LogP contribution in [0.25, 0.3) is 0 Å². The Labute approximate surface area is 89.3 Å². The highest BCUT2D eigenvalue weighted by molar-refractivity contribution is 9.10. The molecule has 0 bridgehead atoms. The van der Waals surface area contributed by atoms with Crippen LogP contribution in [-0.2, 0) is 0 Å². The number of carbonyl (C=O) groups excluding carboxylic acids is 1. The Balaban J connectivity index is 3.45. The molecule has 0 fully saturated rings. The Hall–Kier alpha value is -0.770. The van der Waals surface area contributed by atoms with E-state index in [9.17, 15) is 13.6 Å². The fraction of sp³-hybridized carbons (Fsp3) is 0.300. The lowest BCUT2D eigenvalue weighted by Crippen LogP contribution is -2.03. The predicted molar refractivity (Wildman–Crippen MR) is 53.8 cm³/mol. The van der Waals surface area contributed by atoms with Crippen molar-refractivity contribution in [2.75, 3.05) is 0 Å². The van der Waals surface area contributed by atoms with E-state index in [0.717, 1.165) is 0 Å². The van der Waals surface area contributed by atoms with Crippen LogP contribution in [0.3, 0.4) is 0 Å². The maximum atomic E-state index is 12.5. The fourth-order valence-electron chi connectivity index (χ4n) is 1.36. The number of carbonyl (C=O) groups is 1. The third kappa shape index (κ3) is 2.00. The number of alkyl halides is 2. The molecule has 0 atom stereocenters. The van der Waals surface area contributed by atoms with Crippen molar-refractivity contribution in [2.45, 2.75) is 20.3 Å². The highest BCUT2D eigenvalue weighted by Crippen LogP contribution is 2.29. The smallest absolute Gasteiger partial charge is 0.264 e. The van der Waals surface area contributed by atoms with E-state index in [1.54, 1.807) is 6.92 Å². The van der Waals surface area contributed by atoms with Crippen LogP contribution in [0.4, 0.5) is 8.78 Å². The molecule has 0 saturated carbocycles. The molecule has 76 valence electrons. The van der Waals surface area contributed by atoms with Crippen molar-refractivity contribution >= 4 is 21.7 Å². The second kappa shape index (κ2) is 4.17. The van der Waals surface area contributed by atoms with Crippen molar-refractivity contribution in [1.29, 1.82) is 0 Å². The fourth-order valence-corrected chi connectivity index (χ4v) is 1.69. The molecule has 0 aromatic heterocycles. The van der Waals surface area contributed by atoms with Crippen LogP contribution in [0.5, 0.6) is 0 Å². The van der Waals surface area contributed by atoms with E-state index in [1.165, 1.54) is 19.1 Å². The lowest BCUT2D eigenvalue weighted by Gasteiger charge is -2.10. The van der Waals surface area contributed by atoms with Gasteiger partial charge in [-0.1, -0.05) is 22.0 Å². The molecular formula is C10H9BrF2O. The monoisotopic (exact) mass is 262 g/mol. The molecule has 1 aromatic rings. The SMILES string of the molecule is CC(=O)c1c(C(F)F)ccc(Br)c1C. The minimum Gasteiger partial charge on any atom is -0.294 e. The second-order valence-electron chi connectivity index (χ2n) is 2.99. The summed E-state index contributed by atoms with van der Waals surface area (Å²) in [7, 11) is 0. The van der Waals surface area contributed by atoms with Crippen LogP contribution < -0.4 is 0 Å². The number of hydrogen-bond acceptors (Lipinski definition) is 1. The first-order chi connectivity index (χ1) is 6.45. The van der Waals surface area contributed by atoms with E-state index in [-0.39, 0.29) is 16.9 Å². The minimum atomic E-state index is -2.61. The molecule has 0 unspecified atom stereocenters. The molecule has 0 amide bonds. The van der Waals surface area contributed by atoms with Gasteiger partial charge in [0.15, 0.2) is 5.78 Å². The lowest BCUT2D eigenvalue weighted by atomic mass is 9.99. The van der Waals surface area contributed by atoms with Gasteiger partial charge in [-0.3, -0.25) is 4.79 Å². The molecule has 0 saturated heterocycles. The summed E-state index contributed by atoms with van der Waals surface area (Å²) in [5.41, 5.74) is 0.489. The van der Waals surface area contributed by atoms with Gasteiger partial charge in [-0.25, -0.2) is 8.78 Å². The summed E-state index contributed by atoms with van der Waals surface area (Å²) in [6.45, 7) is 2.94. The topological polar surface area (TPSA) is 17.1 Å². The summed E-state index contributed by atoms with van der Waals surface area (Å²) in [6.07, 6.45) is -2.61. The minimum absolute atomic E-state index is 0.120. The van der Waals surface area contributed by atoms with Crippen LogP contribution in [0.15, 0.2) is 16.6 Å². The van der Waals surface area contributed by atoms with E-state index < -0.39 is 6.43 Å². The van der Waals surface area contributed by atoms with Crippen LogP contribution in [0.2, 0.25) is 0 Å². The van der Waals surface area contributed by atoms with Crippen molar-refractivity contribution < 1.29 is 13.6 Å². The maximum Gasteiger partial charge on any atom is 0.264 e. The Morgan fingerprint density at radius 2 is 2.00 bits per heavy atom. The zero-order valence-electron chi connectivity index (χ0n) is 7.77. The zero-order chi connectivity index (χ0) is 10.9. The maximum absolute atomic E-state index is 12.5. The van der Waals surface area contributed by atoms with E-state index in [2.05, 4.69) is 15.9 Å². The third-order valence-electron chi connectivity index (χ3n) is 2.02. The van der Waals surface area contributed by atoms with E-state index in [4.69, 9.17) is 0 Å². The lowest BCUT2D eigenvalue weighted by molar-refractivity contribution is 0.0998. The Morgan fingerprint density at radius 1 is 1.43 bits per heavy atom. The summed E-state index contributed by atoms with van der Waals surface area (Å²) in [4.78, 5) is 11.2. The molecule has 0 aliphatic carbocycles. The van der Waals surface area contributed by atoms with Gasteiger partial charge in [-0.15, -0.1) is 0 Å². The van der Waals surface area contributed by atoms with Crippen molar-refractivity contribution in [1.82, 2.24) is 0 Å². The summed E-state index contributed by atoms with van der Waals surface area (Å²) in [6, 6.07) is 2.81. The van der Waals surface area contributed by atoms with Gasteiger partial charge in [0.05, 0.1) is 0 Å². The van der Waals surface area contributed by atoms with Gasteiger partial charge in [0.25, 0.3) is 6.43 Å². The molecule has 0 radical (unpaired) electrons. The quantitative estimate of drug-likeness (QED) is 0.739. The Morgan fingerprint density at radius 3 is 2.43 bits per heavy atom. The molecule has 1 rings (SSSR count). The largest absolute Gasteiger partial charge is 0.294 e. The third-order valence-corrected chi connectivity index (χ3v) is 2.88. The Bertz CT molecular complexity index is 375. The summed E-state index contributed by atoms with van der Waals surface area (Å²) in [5.74, 6) is -0.334. The molecular weight excluding hydrogens is 254 g/mol. The summed E-state index contributed by atoms with van der Waals surface area (Å²) in [5, 5.41) is 0. The predicted octanol–water partition coefficient (Wildman–Crippen LogP) is 3.90. The van der Waals surface area contributed by atoms with Gasteiger partial charge in [0.2, 0.25) is 0 Å². The average molecular weight is 263 g/mol. The number of benzene rings is 1. The molecule has 0 spiro atoms. The summed E-state index contributed by atoms with van der Waals surface area (Å²) < 4.78 is 25.7. The van der Waals surface area contributed by atoms with Crippen LogP contribution in [0, 0.1) is 6.92 Å². The Kier molecular flexibility index (Phi) is 3.37. The number of hydrogen-bond donors (Lipinski definition) is 0. The van der Waals surface area contributed by atoms with Gasteiger partial charge in [-0.05, 0) is 25.5 Å². The molecule has 1 nitrogen and oxygen atoms in total. The van der Waals surface area contributed by atoms with Crippen molar-refractivity contribution in [3.05, 3.63) is 33.3 Å². The highest BCUT2D eigenvalue weighted by atomic mass is 79.9. The number of ketones is 1. The molecule has 0 aliphatic heterocycles. The first-order valence-electron chi connectivity index (χ1n) is 4.03. The van der Waals surface area contributed by atoms with E-state index in [0.29, 0.717) is 10.0 Å². The van der Waals surface area contributed by atoms with Gasteiger partial charge < -0.3 is 0 Å². The van der Waals surface area contributed by atoms with Gasteiger partial charge >= 0.3 is 0 Å². The zero-order valence-corrected chi connectivity index (χ0v) is 9.36. The van der Waals surface area contributed by atoms with E-state index >= 15 is 0 Å². The first kappa shape index (κ1) is 11.3. The molecule has 4 heteroatoms. The van der Waals surface area contributed by atoms with Crippen molar-refractivity contribution in [3.8, 4) is 0 Å². The van der Waals surface area contributed by atoms with Crippen LogP contribution >= 0.6 is 15.9 Å². The highest BCUT2D eigenvalue weighted by Gasteiger charge is 2.18. The number of rotatable bonds is 2. The second-order valence-corrected chi connectivity index (χ2v) is 3.85. The van der Waals surface area contributed by atoms with E-state index in [1.807, 2.05) is 0 Å². The standard InChI is InChI=1S/C10H9BrF2O/c1-5-8(11)4-3-7(10(12)13)9(5)6(2)14/h3-4,10H,1-2H3. The molecule has 0 N–H and O–H groups in total. The van der Waals surface area contributed by atoms with Gasteiger partial charge in [0.1, 0.15) is 0 Å². The van der Waals surface area contributed by atoms with Gasteiger partial charge in [0, 0.05) is 15.6 Å². The number of Topliss-reactive ketones (excluding diaryl/α,β-unsaturated/α-hetero) is 1. The normalized spacial score (nSPS) is 10.7. The number of halogens is 3.